The molecule has 0 fully saturated rings. The third-order valence-corrected chi connectivity index (χ3v) is 7.98. The van der Waals surface area contributed by atoms with Crippen molar-refractivity contribution in [3.05, 3.63) is 70.2 Å². The number of amides is 1. The van der Waals surface area contributed by atoms with Crippen molar-refractivity contribution in [3.8, 4) is 10.6 Å². The molecule has 1 amide bonds. The third-order valence-electron chi connectivity index (χ3n) is 4.55. The van der Waals surface area contributed by atoms with Crippen LogP contribution in [0.3, 0.4) is 0 Å². The lowest BCUT2D eigenvalue weighted by Gasteiger charge is -2.18. The summed E-state index contributed by atoms with van der Waals surface area (Å²) in [5.74, 6) is -0.245. The summed E-state index contributed by atoms with van der Waals surface area (Å²) in [5.41, 5.74) is 1.59. The maximum absolute atomic E-state index is 12.5. The van der Waals surface area contributed by atoms with E-state index >= 15 is 0 Å². The van der Waals surface area contributed by atoms with Gasteiger partial charge in [0.15, 0.2) is 0 Å². The number of hydrogen-bond donors (Lipinski definition) is 1. The number of carbonyl (C=O) groups is 1. The molecule has 3 aromatic rings. The second-order valence-electron chi connectivity index (χ2n) is 6.43. The second-order valence-corrected chi connectivity index (χ2v) is 9.80. The molecule has 1 heterocycles. The number of rotatable bonds is 8. The smallest absolute Gasteiger partial charge is 0.263 e. The van der Waals surface area contributed by atoms with Crippen molar-refractivity contribution in [2.45, 2.75) is 25.3 Å². The minimum atomic E-state index is -3.49. The van der Waals surface area contributed by atoms with Gasteiger partial charge < -0.3 is 5.32 Å². The highest BCUT2D eigenvalue weighted by Crippen LogP contribution is 2.30. The van der Waals surface area contributed by atoms with Crippen molar-refractivity contribution in [1.29, 1.82) is 0 Å². The molecule has 0 radical (unpaired) electrons. The molecule has 9 heteroatoms. The molecule has 0 atom stereocenters. The highest BCUT2D eigenvalue weighted by molar-refractivity contribution is 7.89. The molecule has 0 spiro atoms. The number of hydrogen-bond acceptors (Lipinski definition) is 5. The zero-order valence-corrected chi connectivity index (χ0v) is 19.0. The fraction of sp³-hybridized carbons (Fsp3) is 0.238. The molecule has 0 saturated carbocycles. The van der Waals surface area contributed by atoms with Crippen molar-refractivity contribution in [3.63, 3.8) is 0 Å². The van der Waals surface area contributed by atoms with Gasteiger partial charge in [0.1, 0.15) is 9.88 Å². The number of aromatic nitrogens is 1. The van der Waals surface area contributed by atoms with E-state index in [-0.39, 0.29) is 17.3 Å². The molecule has 3 rings (SSSR count). The Morgan fingerprint density at radius 3 is 2.40 bits per heavy atom. The van der Waals surface area contributed by atoms with Gasteiger partial charge >= 0.3 is 0 Å². The standard InChI is InChI=1S/C21H22ClN3O3S2/c1-3-25(4-2)30(27,28)16-11-9-15(10-12-16)13-23-20(26)19-14-24-21(29-19)17-7-5-6-8-18(17)22/h5-12,14H,3-4,13H2,1-2H3,(H,23,26). The maximum atomic E-state index is 12.5. The molecule has 0 bridgehead atoms. The lowest BCUT2D eigenvalue weighted by atomic mass is 10.2. The van der Waals surface area contributed by atoms with Gasteiger partial charge in [-0.05, 0) is 23.8 Å². The average Bonchev–Trinajstić information content (AvgIpc) is 3.23. The van der Waals surface area contributed by atoms with Crippen molar-refractivity contribution < 1.29 is 13.2 Å². The van der Waals surface area contributed by atoms with Crippen LogP contribution in [0.4, 0.5) is 0 Å². The van der Waals surface area contributed by atoms with E-state index in [1.165, 1.54) is 21.8 Å². The van der Waals surface area contributed by atoms with E-state index in [4.69, 9.17) is 11.6 Å². The zero-order chi connectivity index (χ0) is 21.7. The molecule has 6 nitrogen and oxygen atoms in total. The van der Waals surface area contributed by atoms with E-state index in [1.54, 1.807) is 30.3 Å². The van der Waals surface area contributed by atoms with Crippen LogP contribution in [0.5, 0.6) is 0 Å². The predicted octanol–water partition coefficient (Wildman–Crippen LogP) is 4.42. The third kappa shape index (κ3) is 4.89. The summed E-state index contributed by atoms with van der Waals surface area (Å²) in [6.07, 6.45) is 1.53. The molecule has 2 aromatic carbocycles. The van der Waals surface area contributed by atoms with E-state index in [0.717, 1.165) is 11.1 Å². The van der Waals surface area contributed by atoms with E-state index < -0.39 is 10.0 Å². The Morgan fingerprint density at radius 2 is 1.77 bits per heavy atom. The number of nitrogens with zero attached hydrogens (tertiary/aromatic N) is 2. The molecule has 0 aliphatic carbocycles. The Hall–Kier alpha value is -2.26. The van der Waals surface area contributed by atoms with Crippen LogP contribution in [0.25, 0.3) is 10.6 Å². The van der Waals surface area contributed by atoms with Crippen molar-refractivity contribution >= 4 is 38.9 Å². The summed E-state index contributed by atoms with van der Waals surface area (Å²) < 4.78 is 26.5. The summed E-state index contributed by atoms with van der Waals surface area (Å²) in [7, 11) is -3.49. The lowest BCUT2D eigenvalue weighted by molar-refractivity contribution is 0.0954. The second kappa shape index (κ2) is 9.70. The summed E-state index contributed by atoms with van der Waals surface area (Å²) in [5, 5.41) is 4.10. The van der Waals surface area contributed by atoms with Gasteiger partial charge in [-0.1, -0.05) is 55.8 Å². The van der Waals surface area contributed by atoms with Crippen LogP contribution >= 0.6 is 22.9 Å². The van der Waals surface area contributed by atoms with Crippen molar-refractivity contribution in [2.75, 3.05) is 13.1 Å². The first-order valence-corrected chi connectivity index (χ1v) is 12.1. The van der Waals surface area contributed by atoms with E-state index in [0.29, 0.717) is 28.0 Å². The number of benzene rings is 2. The van der Waals surface area contributed by atoms with Crippen LogP contribution < -0.4 is 5.32 Å². The Morgan fingerprint density at radius 1 is 1.10 bits per heavy atom. The summed E-state index contributed by atoms with van der Waals surface area (Å²) in [6.45, 7) is 4.73. The minimum absolute atomic E-state index is 0.244. The van der Waals surface area contributed by atoms with E-state index in [1.807, 2.05) is 32.0 Å². The van der Waals surface area contributed by atoms with Crippen LogP contribution in [0, 0.1) is 0 Å². The maximum Gasteiger partial charge on any atom is 0.263 e. The number of thiazole rings is 1. The summed E-state index contributed by atoms with van der Waals surface area (Å²) in [4.78, 5) is 17.5. The van der Waals surface area contributed by atoms with Crippen LogP contribution in [0.1, 0.15) is 29.1 Å². The average molecular weight is 464 g/mol. The Kier molecular flexibility index (Phi) is 7.25. The molecule has 1 aromatic heterocycles. The number of sulfonamides is 1. The van der Waals surface area contributed by atoms with Crippen LogP contribution in [0.15, 0.2) is 59.6 Å². The van der Waals surface area contributed by atoms with E-state index in [2.05, 4.69) is 10.3 Å². The van der Waals surface area contributed by atoms with Gasteiger partial charge in [-0.15, -0.1) is 11.3 Å². The van der Waals surface area contributed by atoms with Crippen molar-refractivity contribution in [1.82, 2.24) is 14.6 Å². The van der Waals surface area contributed by atoms with Gasteiger partial charge in [0, 0.05) is 25.2 Å². The summed E-state index contributed by atoms with van der Waals surface area (Å²) >= 11 is 7.46. The van der Waals surface area contributed by atoms with Crippen LogP contribution in [0.2, 0.25) is 5.02 Å². The lowest BCUT2D eigenvalue weighted by Crippen LogP contribution is -2.30. The highest BCUT2D eigenvalue weighted by atomic mass is 35.5. The monoisotopic (exact) mass is 463 g/mol. The normalized spacial score (nSPS) is 11.6. The highest BCUT2D eigenvalue weighted by Gasteiger charge is 2.21. The Balaban J connectivity index is 1.65. The fourth-order valence-electron chi connectivity index (χ4n) is 2.90. The number of nitrogens with one attached hydrogen (secondary N) is 1. The van der Waals surface area contributed by atoms with Gasteiger partial charge in [-0.25, -0.2) is 13.4 Å². The number of halogens is 1. The first-order valence-electron chi connectivity index (χ1n) is 9.44. The SMILES string of the molecule is CCN(CC)S(=O)(=O)c1ccc(CNC(=O)c2cnc(-c3ccccc3Cl)s2)cc1. The van der Waals surface area contributed by atoms with E-state index in [9.17, 15) is 13.2 Å². The van der Waals surface area contributed by atoms with Gasteiger partial charge in [-0.3, -0.25) is 4.79 Å². The Labute approximate surface area is 185 Å². The summed E-state index contributed by atoms with van der Waals surface area (Å²) in [6, 6.07) is 13.9. The van der Waals surface area contributed by atoms with Crippen LogP contribution in [-0.4, -0.2) is 36.7 Å². The molecule has 0 aliphatic heterocycles. The molecular formula is C21H22ClN3O3S2. The molecule has 30 heavy (non-hydrogen) atoms. The predicted molar refractivity (Wildman–Crippen MR) is 120 cm³/mol. The first kappa shape index (κ1) is 22.4. The molecule has 158 valence electrons. The molecule has 0 unspecified atom stereocenters. The van der Waals surface area contributed by atoms with Gasteiger partial charge in [-0.2, -0.15) is 4.31 Å². The van der Waals surface area contributed by atoms with Gasteiger partial charge in [0.05, 0.1) is 16.1 Å². The van der Waals surface area contributed by atoms with Crippen molar-refractivity contribution in [2.24, 2.45) is 0 Å². The molecule has 0 saturated heterocycles. The molecule has 1 N–H and O–H groups in total. The fourth-order valence-corrected chi connectivity index (χ4v) is 5.51. The number of carbonyl (C=O) groups excluding carboxylic acids is 1. The van der Waals surface area contributed by atoms with Gasteiger partial charge in [0.2, 0.25) is 10.0 Å². The Bertz CT molecular complexity index is 1120. The zero-order valence-electron chi connectivity index (χ0n) is 16.6. The topological polar surface area (TPSA) is 79.4 Å². The first-order chi connectivity index (χ1) is 14.4. The molecule has 0 aliphatic rings. The largest absolute Gasteiger partial charge is 0.347 e. The quantitative estimate of drug-likeness (QED) is 0.536. The van der Waals surface area contributed by atoms with Gasteiger partial charge in [0.25, 0.3) is 5.91 Å². The van der Waals surface area contributed by atoms with Crippen LogP contribution in [-0.2, 0) is 16.6 Å². The molecular weight excluding hydrogens is 442 g/mol. The minimum Gasteiger partial charge on any atom is -0.347 e.